The number of halogens is 1. The Morgan fingerprint density at radius 2 is 2.00 bits per heavy atom. The Morgan fingerprint density at radius 1 is 1.27 bits per heavy atom. The summed E-state index contributed by atoms with van der Waals surface area (Å²) in [6.45, 7) is 0.979. The van der Waals surface area contributed by atoms with Crippen molar-refractivity contribution in [2.75, 3.05) is 31.6 Å². The van der Waals surface area contributed by atoms with Gasteiger partial charge in [-0.1, -0.05) is 29.8 Å². The Bertz CT molecular complexity index is 755. The summed E-state index contributed by atoms with van der Waals surface area (Å²) in [6, 6.07) is 14.0. The minimum absolute atomic E-state index is 0.0124. The van der Waals surface area contributed by atoms with Crippen molar-refractivity contribution in [2.24, 2.45) is 0 Å². The molecule has 0 atom stereocenters. The lowest BCUT2D eigenvalue weighted by atomic mass is 10.3. The number of hydrogen-bond donors (Lipinski definition) is 1. The second-order valence-corrected chi connectivity index (χ2v) is 6.05. The van der Waals surface area contributed by atoms with Gasteiger partial charge in [-0.3, -0.25) is 14.9 Å². The number of amides is 1. The number of carbonyl (C=O) groups excluding carboxylic acids is 1. The van der Waals surface area contributed by atoms with Gasteiger partial charge < -0.3 is 15.0 Å². The fourth-order valence-corrected chi connectivity index (χ4v) is 2.47. The fraction of sp³-hybridized carbons (Fsp3) is 0.278. The van der Waals surface area contributed by atoms with Gasteiger partial charge in [0.05, 0.1) is 4.92 Å². The summed E-state index contributed by atoms with van der Waals surface area (Å²) in [5.41, 5.74) is 0.840. The van der Waals surface area contributed by atoms with Crippen LogP contribution in [-0.2, 0) is 4.79 Å². The maximum absolute atomic E-state index is 11.8. The Morgan fingerprint density at radius 3 is 2.69 bits per heavy atom. The molecule has 0 spiro atoms. The molecule has 2 aromatic rings. The number of nitrogens with zero attached hydrogens (tertiary/aromatic N) is 2. The van der Waals surface area contributed by atoms with Crippen LogP contribution in [0.1, 0.15) is 6.42 Å². The van der Waals surface area contributed by atoms with Gasteiger partial charge in [-0.2, -0.15) is 0 Å². The number of hydrogen-bond acceptors (Lipinski definition) is 5. The molecule has 2 rings (SSSR count). The van der Waals surface area contributed by atoms with E-state index in [0.29, 0.717) is 6.54 Å². The molecule has 0 bridgehead atoms. The molecule has 0 fully saturated rings. The van der Waals surface area contributed by atoms with Crippen molar-refractivity contribution in [2.45, 2.75) is 6.42 Å². The van der Waals surface area contributed by atoms with E-state index in [-0.39, 0.29) is 29.0 Å². The van der Waals surface area contributed by atoms with Crippen molar-refractivity contribution in [1.82, 2.24) is 5.32 Å². The van der Waals surface area contributed by atoms with E-state index in [1.54, 1.807) is 0 Å². The number of rotatable bonds is 9. The molecular formula is C18H20ClN3O4. The average molecular weight is 378 g/mol. The molecule has 0 unspecified atom stereocenters. The predicted molar refractivity (Wildman–Crippen MR) is 101 cm³/mol. The summed E-state index contributed by atoms with van der Waals surface area (Å²) in [6.07, 6.45) is 0.762. The summed E-state index contributed by atoms with van der Waals surface area (Å²) >= 11 is 5.73. The average Bonchev–Trinajstić information content (AvgIpc) is 2.64. The van der Waals surface area contributed by atoms with E-state index < -0.39 is 4.92 Å². The quantitative estimate of drug-likeness (QED) is 0.412. The highest BCUT2D eigenvalue weighted by Crippen LogP contribution is 2.29. The maximum Gasteiger partial charge on any atom is 0.312 e. The van der Waals surface area contributed by atoms with Crippen molar-refractivity contribution in [3.8, 4) is 5.75 Å². The third-order valence-electron chi connectivity index (χ3n) is 3.67. The first-order valence-electron chi connectivity index (χ1n) is 8.07. The first-order valence-corrected chi connectivity index (χ1v) is 8.45. The molecule has 26 heavy (non-hydrogen) atoms. The van der Waals surface area contributed by atoms with E-state index in [0.717, 1.165) is 18.7 Å². The van der Waals surface area contributed by atoms with Crippen molar-refractivity contribution in [3.05, 3.63) is 63.7 Å². The molecular weight excluding hydrogens is 358 g/mol. The summed E-state index contributed by atoms with van der Waals surface area (Å²) in [4.78, 5) is 24.3. The van der Waals surface area contributed by atoms with Gasteiger partial charge in [-0.05, 0) is 30.7 Å². The molecule has 0 aliphatic heterocycles. The molecule has 138 valence electrons. The zero-order chi connectivity index (χ0) is 18.9. The molecule has 2 aromatic carbocycles. The van der Waals surface area contributed by atoms with Crippen molar-refractivity contribution >= 4 is 28.9 Å². The molecule has 0 saturated heterocycles. The number of anilines is 1. The molecule has 1 amide bonds. The van der Waals surface area contributed by atoms with Gasteiger partial charge in [0.25, 0.3) is 5.91 Å². The van der Waals surface area contributed by atoms with Crippen LogP contribution in [0.2, 0.25) is 5.02 Å². The van der Waals surface area contributed by atoms with Crippen LogP contribution in [0.4, 0.5) is 11.4 Å². The number of nitro benzene ring substituents is 1. The maximum atomic E-state index is 11.8. The van der Waals surface area contributed by atoms with Gasteiger partial charge in [-0.15, -0.1) is 0 Å². The van der Waals surface area contributed by atoms with Gasteiger partial charge in [0.15, 0.2) is 12.4 Å². The van der Waals surface area contributed by atoms with Gasteiger partial charge in [0.2, 0.25) is 0 Å². The SMILES string of the molecule is CN(CCCNC(=O)COc1ccc(Cl)cc1[N+](=O)[O-])c1ccccc1. The van der Waals surface area contributed by atoms with Crippen LogP contribution in [0.5, 0.6) is 5.75 Å². The smallest absolute Gasteiger partial charge is 0.312 e. The summed E-state index contributed by atoms with van der Waals surface area (Å²) in [5.74, 6) is -0.324. The normalized spacial score (nSPS) is 10.2. The molecule has 0 aliphatic rings. The predicted octanol–water partition coefficient (Wildman–Crippen LogP) is 3.27. The van der Waals surface area contributed by atoms with Crippen LogP contribution in [-0.4, -0.2) is 37.6 Å². The monoisotopic (exact) mass is 377 g/mol. The van der Waals surface area contributed by atoms with Gasteiger partial charge in [0, 0.05) is 36.9 Å². The van der Waals surface area contributed by atoms with Crippen LogP contribution >= 0.6 is 11.6 Å². The highest BCUT2D eigenvalue weighted by molar-refractivity contribution is 6.30. The number of carbonyl (C=O) groups is 1. The molecule has 0 saturated carbocycles. The molecule has 7 nitrogen and oxygen atoms in total. The number of benzene rings is 2. The molecule has 8 heteroatoms. The van der Waals surface area contributed by atoms with Crippen LogP contribution in [0.25, 0.3) is 0 Å². The Kier molecular flexibility index (Phi) is 7.23. The number of ether oxygens (including phenoxy) is 1. The molecule has 1 N–H and O–H groups in total. The minimum Gasteiger partial charge on any atom is -0.477 e. The van der Waals surface area contributed by atoms with E-state index in [9.17, 15) is 14.9 Å². The fourth-order valence-electron chi connectivity index (χ4n) is 2.31. The largest absolute Gasteiger partial charge is 0.477 e. The van der Waals surface area contributed by atoms with Crippen LogP contribution in [0, 0.1) is 10.1 Å². The second kappa shape index (κ2) is 9.62. The summed E-state index contributed by atoms with van der Waals surface area (Å²) in [5, 5.41) is 13.9. The first kappa shape index (κ1) is 19.5. The van der Waals surface area contributed by atoms with Crippen LogP contribution in [0.3, 0.4) is 0 Å². The topological polar surface area (TPSA) is 84.7 Å². The van der Waals surface area contributed by atoms with Crippen LogP contribution in [0.15, 0.2) is 48.5 Å². The lowest BCUT2D eigenvalue weighted by Crippen LogP contribution is -2.31. The molecule has 0 radical (unpaired) electrons. The third-order valence-corrected chi connectivity index (χ3v) is 3.90. The highest BCUT2D eigenvalue weighted by atomic mass is 35.5. The van der Waals surface area contributed by atoms with Crippen LogP contribution < -0.4 is 15.0 Å². The Balaban J connectivity index is 1.72. The zero-order valence-corrected chi connectivity index (χ0v) is 15.1. The summed E-state index contributed by atoms with van der Waals surface area (Å²) in [7, 11) is 1.99. The van der Waals surface area contributed by atoms with E-state index in [4.69, 9.17) is 16.3 Å². The molecule has 0 heterocycles. The Labute approximate surface area is 156 Å². The zero-order valence-electron chi connectivity index (χ0n) is 14.4. The minimum atomic E-state index is -0.599. The summed E-state index contributed by atoms with van der Waals surface area (Å²) < 4.78 is 5.24. The molecule has 0 aromatic heterocycles. The van der Waals surface area contributed by atoms with Crippen molar-refractivity contribution < 1.29 is 14.5 Å². The van der Waals surface area contributed by atoms with Gasteiger partial charge in [-0.25, -0.2) is 0 Å². The van der Waals surface area contributed by atoms with E-state index in [1.165, 1.54) is 18.2 Å². The van der Waals surface area contributed by atoms with Gasteiger partial charge in [0.1, 0.15) is 0 Å². The van der Waals surface area contributed by atoms with E-state index in [2.05, 4.69) is 10.2 Å². The number of nitro groups is 1. The van der Waals surface area contributed by atoms with E-state index >= 15 is 0 Å². The Hall–Kier alpha value is -2.80. The first-order chi connectivity index (χ1) is 12.5. The lowest BCUT2D eigenvalue weighted by Gasteiger charge is -2.19. The van der Waals surface area contributed by atoms with Crippen molar-refractivity contribution in [1.29, 1.82) is 0 Å². The lowest BCUT2D eigenvalue weighted by molar-refractivity contribution is -0.385. The van der Waals surface area contributed by atoms with Gasteiger partial charge >= 0.3 is 5.69 Å². The standard InChI is InChI=1S/C18H20ClN3O4/c1-21(15-6-3-2-4-7-15)11-5-10-20-18(23)13-26-17-9-8-14(19)12-16(17)22(24)25/h2-4,6-9,12H,5,10-11,13H2,1H3,(H,20,23). The second-order valence-electron chi connectivity index (χ2n) is 5.62. The van der Waals surface area contributed by atoms with Crippen molar-refractivity contribution in [3.63, 3.8) is 0 Å². The molecule has 0 aliphatic carbocycles. The number of nitrogens with one attached hydrogen (secondary N) is 1. The van der Waals surface area contributed by atoms with E-state index in [1.807, 2.05) is 37.4 Å². The highest BCUT2D eigenvalue weighted by Gasteiger charge is 2.16. The third kappa shape index (κ3) is 5.93. The number of para-hydroxylation sites is 1.